The van der Waals surface area contributed by atoms with Crippen LogP contribution < -0.4 is 15.0 Å². The fraction of sp³-hybridized carbons (Fsp3) is 0.286. The Kier molecular flexibility index (Phi) is 5.51. The average molecular weight is 544 g/mol. The van der Waals surface area contributed by atoms with E-state index in [4.69, 9.17) is 14.7 Å². The predicted octanol–water partition coefficient (Wildman–Crippen LogP) is 3.20. The maximum Gasteiger partial charge on any atom is 0.213 e. The van der Waals surface area contributed by atoms with Crippen molar-refractivity contribution in [2.45, 2.75) is 23.5 Å². The number of anilines is 3. The molecule has 2 atom stereocenters. The molecular formula is C21H21IN8O2. The molecule has 5 heterocycles. The second-order valence-corrected chi connectivity index (χ2v) is 8.72. The van der Waals surface area contributed by atoms with Crippen molar-refractivity contribution < 1.29 is 9.84 Å². The number of nitrogens with zero attached hydrogens (tertiary/aromatic N) is 6. The molecule has 11 heteroatoms. The van der Waals surface area contributed by atoms with Crippen molar-refractivity contribution in [2.75, 3.05) is 23.9 Å². The van der Waals surface area contributed by atoms with Gasteiger partial charge in [0.15, 0.2) is 5.65 Å². The molecular weight excluding hydrogens is 523 g/mol. The standard InChI is InChI=1S/C21H21IN8O2/c1-11-27-17(18-21(28-11)26-10-25-18)14-7-13(30-6-5-15(31)19(30)22)9-24-20(14)29-12-3-4-16(32-2)23-8-12/h3-4,7-10,15,19,31H,5-6H2,1-2H3,(H,24,29)(H,25,26,27,28)/t15-,19?/m0/s1. The molecule has 4 aromatic rings. The zero-order valence-corrected chi connectivity index (χ0v) is 19.6. The van der Waals surface area contributed by atoms with Crippen LogP contribution in [0.5, 0.6) is 5.88 Å². The second-order valence-electron chi connectivity index (χ2n) is 7.45. The van der Waals surface area contributed by atoms with E-state index >= 15 is 0 Å². The third-order valence-electron chi connectivity index (χ3n) is 5.35. The van der Waals surface area contributed by atoms with Crippen LogP contribution in [0.2, 0.25) is 0 Å². The molecule has 0 aromatic carbocycles. The fourth-order valence-electron chi connectivity index (χ4n) is 3.75. The molecule has 1 fully saturated rings. The number of hydrogen-bond donors (Lipinski definition) is 3. The van der Waals surface area contributed by atoms with Crippen molar-refractivity contribution in [1.82, 2.24) is 29.9 Å². The first-order valence-corrected chi connectivity index (χ1v) is 11.3. The van der Waals surface area contributed by atoms with E-state index in [1.807, 2.05) is 25.3 Å². The molecule has 0 saturated carbocycles. The van der Waals surface area contributed by atoms with Crippen molar-refractivity contribution in [1.29, 1.82) is 0 Å². The third-order valence-corrected chi connectivity index (χ3v) is 6.85. The van der Waals surface area contributed by atoms with Crippen LogP contribution in [0.15, 0.2) is 36.9 Å². The summed E-state index contributed by atoms with van der Waals surface area (Å²) in [5, 5.41) is 13.6. The molecule has 0 spiro atoms. The van der Waals surface area contributed by atoms with Gasteiger partial charge in [-0.1, -0.05) is 22.6 Å². The number of H-pyrrole nitrogens is 1. The summed E-state index contributed by atoms with van der Waals surface area (Å²) in [4.78, 5) is 27.7. The van der Waals surface area contributed by atoms with E-state index in [1.165, 1.54) is 0 Å². The van der Waals surface area contributed by atoms with Gasteiger partial charge in [0.2, 0.25) is 5.88 Å². The van der Waals surface area contributed by atoms with Crippen LogP contribution in [-0.2, 0) is 0 Å². The van der Waals surface area contributed by atoms with Crippen LogP contribution in [0.1, 0.15) is 12.2 Å². The number of halogens is 1. The lowest BCUT2D eigenvalue weighted by atomic mass is 10.1. The zero-order valence-electron chi connectivity index (χ0n) is 17.4. The Morgan fingerprint density at radius 1 is 1.22 bits per heavy atom. The molecule has 1 unspecified atom stereocenters. The van der Waals surface area contributed by atoms with Crippen molar-refractivity contribution in [3.8, 4) is 17.1 Å². The van der Waals surface area contributed by atoms with E-state index in [1.54, 1.807) is 25.7 Å². The predicted molar refractivity (Wildman–Crippen MR) is 130 cm³/mol. The van der Waals surface area contributed by atoms with Gasteiger partial charge in [-0.2, -0.15) is 0 Å². The normalized spacial score (nSPS) is 18.3. The molecule has 3 N–H and O–H groups in total. The molecule has 0 aliphatic carbocycles. The highest BCUT2D eigenvalue weighted by atomic mass is 127. The van der Waals surface area contributed by atoms with E-state index in [0.717, 1.165) is 35.4 Å². The van der Waals surface area contributed by atoms with Gasteiger partial charge in [-0.05, 0) is 25.5 Å². The maximum absolute atomic E-state index is 10.2. The van der Waals surface area contributed by atoms with Gasteiger partial charge in [-0.25, -0.2) is 24.9 Å². The zero-order chi connectivity index (χ0) is 22.2. The number of rotatable bonds is 5. The van der Waals surface area contributed by atoms with Crippen LogP contribution in [0, 0.1) is 6.92 Å². The van der Waals surface area contributed by atoms with Crippen LogP contribution >= 0.6 is 22.6 Å². The summed E-state index contributed by atoms with van der Waals surface area (Å²) in [5.74, 6) is 1.77. The molecule has 5 rings (SSSR count). The highest BCUT2D eigenvalue weighted by molar-refractivity contribution is 14.1. The van der Waals surface area contributed by atoms with Crippen molar-refractivity contribution >= 4 is 50.9 Å². The highest BCUT2D eigenvalue weighted by Crippen LogP contribution is 2.37. The molecule has 0 amide bonds. The van der Waals surface area contributed by atoms with Gasteiger partial charge in [-0.15, -0.1) is 0 Å². The van der Waals surface area contributed by atoms with Gasteiger partial charge in [0, 0.05) is 18.2 Å². The molecule has 32 heavy (non-hydrogen) atoms. The summed E-state index contributed by atoms with van der Waals surface area (Å²) < 4.78 is 5.13. The number of hydrogen-bond acceptors (Lipinski definition) is 9. The number of pyridine rings is 2. The maximum atomic E-state index is 10.2. The first-order chi connectivity index (χ1) is 15.5. The van der Waals surface area contributed by atoms with Crippen LogP contribution in [0.3, 0.4) is 0 Å². The van der Waals surface area contributed by atoms with E-state index in [0.29, 0.717) is 28.9 Å². The summed E-state index contributed by atoms with van der Waals surface area (Å²) in [5.41, 5.74) is 4.51. The molecule has 4 aromatic heterocycles. The number of aryl methyl sites for hydroxylation is 1. The number of aliphatic hydroxyl groups excluding tert-OH is 1. The number of nitrogens with one attached hydrogen (secondary N) is 2. The molecule has 0 radical (unpaired) electrons. The lowest BCUT2D eigenvalue weighted by Crippen LogP contribution is -2.29. The van der Waals surface area contributed by atoms with Gasteiger partial charge in [0.05, 0.1) is 43.3 Å². The number of aliphatic hydroxyl groups is 1. The number of aromatic nitrogens is 6. The molecule has 1 aliphatic heterocycles. The van der Waals surface area contributed by atoms with Crippen LogP contribution in [0.25, 0.3) is 22.4 Å². The molecule has 10 nitrogen and oxygen atoms in total. The van der Waals surface area contributed by atoms with Crippen LogP contribution in [-0.4, -0.2) is 58.8 Å². The Bertz CT molecular complexity index is 1260. The summed E-state index contributed by atoms with van der Waals surface area (Å²) >= 11 is 2.27. The number of methoxy groups -OCH3 is 1. The lowest BCUT2D eigenvalue weighted by Gasteiger charge is -2.24. The number of fused-ring (bicyclic) bond motifs is 1. The Hall–Kier alpha value is -3.06. The minimum atomic E-state index is -0.372. The Balaban J connectivity index is 1.63. The van der Waals surface area contributed by atoms with Gasteiger partial charge in [0.1, 0.15) is 26.9 Å². The van der Waals surface area contributed by atoms with Gasteiger partial charge >= 0.3 is 0 Å². The highest BCUT2D eigenvalue weighted by Gasteiger charge is 2.31. The van der Waals surface area contributed by atoms with E-state index < -0.39 is 0 Å². The molecule has 164 valence electrons. The van der Waals surface area contributed by atoms with E-state index in [9.17, 15) is 5.11 Å². The SMILES string of the molecule is COc1ccc(Nc2ncc(N3CC[C@H](O)C3I)cc2-c2nc(C)nc3nc[nH]c23)cn1. The Morgan fingerprint density at radius 3 is 2.81 bits per heavy atom. The summed E-state index contributed by atoms with van der Waals surface area (Å²) in [6.45, 7) is 2.60. The van der Waals surface area contributed by atoms with E-state index in [2.05, 4.69) is 52.7 Å². The Morgan fingerprint density at radius 2 is 2.09 bits per heavy atom. The lowest BCUT2D eigenvalue weighted by molar-refractivity contribution is 0.193. The molecule has 0 bridgehead atoms. The average Bonchev–Trinajstić information content (AvgIpc) is 3.40. The topological polar surface area (TPSA) is 125 Å². The largest absolute Gasteiger partial charge is 0.481 e. The van der Waals surface area contributed by atoms with Crippen LogP contribution in [0.4, 0.5) is 17.2 Å². The van der Waals surface area contributed by atoms with Gasteiger partial charge in [0.25, 0.3) is 0 Å². The monoisotopic (exact) mass is 544 g/mol. The number of aromatic amines is 1. The summed E-state index contributed by atoms with van der Waals surface area (Å²) in [6.07, 6.45) is 5.45. The van der Waals surface area contributed by atoms with Gasteiger partial charge in [-0.3, -0.25) is 0 Å². The first kappa shape index (κ1) is 20.8. The smallest absolute Gasteiger partial charge is 0.213 e. The Labute approximate surface area is 197 Å². The van der Waals surface area contributed by atoms with Crippen molar-refractivity contribution in [3.05, 3.63) is 42.7 Å². The summed E-state index contributed by atoms with van der Waals surface area (Å²) in [7, 11) is 1.58. The van der Waals surface area contributed by atoms with Crippen molar-refractivity contribution in [2.24, 2.45) is 0 Å². The summed E-state index contributed by atoms with van der Waals surface area (Å²) in [6, 6.07) is 5.70. The number of ether oxygens (including phenoxy) is 1. The molecule has 1 aliphatic rings. The number of alkyl halides is 1. The van der Waals surface area contributed by atoms with Gasteiger partial charge < -0.3 is 25.0 Å². The fourth-order valence-corrected chi connectivity index (χ4v) is 4.71. The minimum absolute atomic E-state index is 0.0221. The third kappa shape index (κ3) is 3.81. The van der Waals surface area contributed by atoms with Crippen molar-refractivity contribution in [3.63, 3.8) is 0 Å². The first-order valence-electron chi connectivity index (χ1n) is 10.1. The quantitative estimate of drug-likeness (QED) is 0.197. The minimum Gasteiger partial charge on any atom is -0.481 e. The number of imidazole rings is 1. The molecule has 1 saturated heterocycles. The van der Waals surface area contributed by atoms with E-state index in [-0.39, 0.29) is 10.2 Å². The second kappa shape index (κ2) is 8.47.